The summed E-state index contributed by atoms with van der Waals surface area (Å²) in [4.78, 5) is 11.6. The van der Waals surface area contributed by atoms with Crippen molar-refractivity contribution in [2.24, 2.45) is 5.41 Å². The molecule has 1 saturated carbocycles. The Morgan fingerprint density at radius 2 is 1.83 bits per heavy atom. The molecule has 6 nitrogen and oxygen atoms in total. The summed E-state index contributed by atoms with van der Waals surface area (Å²) in [6.45, 7) is 6.59. The smallest absolute Gasteiger partial charge is 0.333 e. The van der Waals surface area contributed by atoms with E-state index in [1.54, 1.807) is 12.1 Å². The van der Waals surface area contributed by atoms with Crippen LogP contribution in [0.3, 0.4) is 0 Å². The molecule has 2 bridgehead atoms. The Kier molecular flexibility index (Phi) is 7.11. The second-order valence-corrected chi connectivity index (χ2v) is 10.9. The van der Waals surface area contributed by atoms with Crippen molar-refractivity contribution >= 4 is 5.97 Å². The van der Waals surface area contributed by atoms with Crippen LogP contribution in [0.15, 0.2) is 42.5 Å². The van der Waals surface area contributed by atoms with Crippen LogP contribution in [0.5, 0.6) is 17.2 Å². The van der Waals surface area contributed by atoms with E-state index < -0.39 is 23.3 Å². The van der Waals surface area contributed by atoms with Crippen LogP contribution in [-0.4, -0.2) is 43.1 Å². The van der Waals surface area contributed by atoms with Crippen molar-refractivity contribution in [3.8, 4) is 17.2 Å². The fourth-order valence-corrected chi connectivity index (χ4v) is 5.25. The zero-order valence-corrected chi connectivity index (χ0v) is 20.9. The summed E-state index contributed by atoms with van der Waals surface area (Å²) in [6, 6.07) is 12.5. The minimum Gasteiger partial charge on any atom is -0.494 e. The van der Waals surface area contributed by atoms with Crippen molar-refractivity contribution in [2.45, 2.75) is 70.0 Å². The van der Waals surface area contributed by atoms with E-state index in [2.05, 4.69) is 6.07 Å². The third kappa shape index (κ3) is 5.46. The van der Waals surface area contributed by atoms with Crippen molar-refractivity contribution in [2.75, 3.05) is 20.3 Å². The molecule has 0 amide bonds. The Hall–Kier alpha value is -2.64. The number of carboxylic acid groups (broad SMARTS) is 1. The number of aliphatic carboxylic acids is 1. The summed E-state index contributed by atoms with van der Waals surface area (Å²) in [5, 5.41) is 9.50. The third-order valence-electron chi connectivity index (χ3n) is 7.43. The largest absolute Gasteiger partial charge is 0.494 e. The number of fused-ring (bicyclic) bond motifs is 3. The van der Waals surface area contributed by atoms with Crippen LogP contribution < -0.4 is 9.47 Å². The van der Waals surface area contributed by atoms with Gasteiger partial charge in [0, 0.05) is 11.5 Å². The molecule has 3 fully saturated rings. The average molecular weight is 487 g/mol. The van der Waals surface area contributed by atoms with Crippen LogP contribution in [0.2, 0.25) is 0 Å². The van der Waals surface area contributed by atoms with Crippen LogP contribution in [0, 0.1) is 11.2 Å². The Labute approximate surface area is 206 Å². The van der Waals surface area contributed by atoms with E-state index in [0.717, 1.165) is 31.2 Å². The van der Waals surface area contributed by atoms with Gasteiger partial charge < -0.3 is 24.1 Å². The first kappa shape index (κ1) is 25.5. The van der Waals surface area contributed by atoms with Gasteiger partial charge in [0.05, 0.1) is 25.9 Å². The Bertz CT molecular complexity index is 1040. The van der Waals surface area contributed by atoms with E-state index in [4.69, 9.17) is 18.9 Å². The van der Waals surface area contributed by atoms with Crippen molar-refractivity contribution in [3.05, 3.63) is 53.8 Å². The lowest BCUT2D eigenvalue weighted by molar-refractivity contribution is -0.177. The molecule has 5 rings (SSSR count). The normalized spacial score (nSPS) is 24.7. The predicted octanol–water partition coefficient (Wildman–Crippen LogP) is 6.11. The lowest BCUT2D eigenvalue weighted by Gasteiger charge is -2.53. The quantitative estimate of drug-likeness (QED) is 0.461. The first-order valence-corrected chi connectivity index (χ1v) is 12.2. The highest BCUT2D eigenvalue weighted by atomic mass is 19.1. The topological polar surface area (TPSA) is 74.2 Å². The van der Waals surface area contributed by atoms with E-state index in [1.165, 1.54) is 13.2 Å². The van der Waals surface area contributed by atoms with Gasteiger partial charge in [-0.15, -0.1) is 0 Å². The van der Waals surface area contributed by atoms with Gasteiger partial charge in [-0.2, -0.15) is 0 Å². The number of carbonyl (C=O) groups is 1. The molecule has 2 aromatic carbocycles. The van der Waals surface area contributed by atoms with Gasteiger partial charge in [-0.25, -0.2) is 9.18 Å². The molecule has 2 saturated heterocycles. The first-order valence-electron chi connectivity index (χ1n) is 12.2. The first-order chi connectivity index (χ1) is 16.6. The van der Waals surface area contributed by atoms with Gasteiger partial charge in [0.15, 0.2) is 17.7 Å². The number of halogens is 1. The van der Waals surface area contributed by atoms with Crippen LogP contribution in [0.1, 0.15) is 58.4 Å². The summed E-state index contributed by atoms with van der Waals surface area (Å²) < 4.78 is 37.2. The molecule has 2 aromatic rings. The van der Waals surface area contributed by atoms with E-state index >= 15 is 0 Å². The fraction of sp³-hybridized carbons (Fsp3) is 0.536. The predicted molar refractivity (Wildman–Crippen MR) is 130 cm³/mol. The number of benzene rings is 2. The second-order valence-electron chi connectivity index (χ2n) is 10.9. The molecule has 0 spiro atoms. The maximum Gasteiger partial charge on any atom is 0.333 e. The van der Waals surface area contributed by atoms with E-state index in [1.807, 2.05) is 39.0 Å². The molecule has 3 aliphatic rings. The van der Waals surface area contributed by atoms with Gasteiger partial charge in [0.2, 0.25) is 0 Å². The number of rotatable bonds is 9. The summed E-state index contributed by atoms with van der Waals surface area (Å²) >= 11 is 0. The highest BCUT2D eigenvalue weighted by Crippen LogP contribution is 2.52. The van der Waals surface area contributed by atoms with Crippen molar-refractivity contribution in [1.82, 2.24) is 0 Å². The zero-order chi connectivity index (χ0) is 25.3. The van der Waals surface area contributed by atoms with Crippen LogP contribution in [0.4, 0.5) is 4.39 Å². The molecule has 0 aromatic heterocycles. The molecule has 1 atom stereocenters. The SMILES string of the molecule is COc1ccc(Oc2cccc(C34CCC(CCOC(C(=O)O)C(C)(C)C)(CC3)OC4)c2)cc1F. The molecule has 190 valence electrons. The molecular formula is C28H35FO6. The third-order valence-corrected chi connectivity index (χ3v) is 7.43. The average Bonchev–Trinajstić information content (AvgIpc) is 2.82. The number of ether oxygens (including phenoxy) is 4. The number of hydrogen-bond acceptors (Lipinski definition) is 5. The monoisotopic (exact) mass is 486 g/mol. The summed E-state index contributed by atoms with van der Waals surface area (Å²) in [7, 11) is 1.43. The van der Waals surface area contributed by atoms with Gasteiger partial charge >= 0.3 is 5.97 Å². The Balaban J connectivity index is 1.39. The highest BCUT2D eigenvalue weighted by Gasteiger charge is 2.50. The molecule has 35 heavy (non-hydrogen) atoms. The lowest BCUT2D eigenvalue weighted by atomic mass is 9.62. The van der Waals surface area contributed by atoms with Crippen LogP contribution in [-0.2, 0) is 19.7 Å². The van der Waals surface area contributed by atoms with Gasteiger partial charge in [0.1, 0.15) is 11.5 Å². The minimum atomic E-state index is -0.929. The highest BCUT2D eigenvalue weighted by molar-refractivity contribution is 5.73. The van der Waals surface area contributed by atoms with E-state index in [9.17, 15) is 14.3 Å². The zero-order valence-electron chi connectivity index (χ0n) is 20.9. The van der Waals surface area contributed by atoms with Gasteiger partial charge in [-0.3, -0.25) is 0 Å². The Morgan fingerprint density at radius 3 is 2.40 bits per heavy atom. The molecule has 1 N–H and O–H groups in total. The maximum absolute atomic E-state index is 14.1. The van der Waals surface area contributed by atoms with Crippen LogP contribution in [0.25, 0.3) is 0 Å². The molecule has 2 aliphatic heterocycles. The van der Waals surface area contributed by atoms with E-state index in [-0.39, 0.29) is 16.8 Å². The molecule has 2 heterocycles. The summed E-state index contributed by atoms with van der Waals surface area (Å²) in [5.74, 6) is -0.154. The van der Waals surface area contributed by atoms with Crippen molar-refractivity contribution in [1.29, 1.82) is 0 Å². The molecule has 1 unspecified atom stereocenters. The van der Waals surface area contributed by atoms with Gasteiger partial charge in [0.25, 0.3) is 0 Å². The summed E-state index contributed by atoms with van der Waals surface area (Å²) in [6.07, 6.45) is 3.61. The molecule has 1 aliphatic carbocycles. The van der Waals surface area contributed by atoms with Gasteiger partial charge in [-0.05, 0) is 67.3 Å². The van der Waals surface area contributed by atoms with E-state index in [0.29, 0.717) is 31.1 Å². The van der Waals surface area contributed by atoms with Crippen molar-refractivity contribution < 1.29 is 33.2 Å². The lowest BCUT2D eigenvalue weighted by Crippen LogP contribution is -2.53. The summed E-state index contributed by atoms with van der Waals surface area (Å²) in [5.41, 5.74) is 0.357. The van der Waals surface area contributed by atoms with Crippen LogP contribution >= 0.6 is 0 Å². The van der Waals surface area contributed by atoms with Crippen molar-refractivity contribution in [3.63, 3.8) is 0 Å². The molecule has 0 radical (unpaired) electrons. The molecular weight excluding hydrogens is 451 g/mol. The number of carboxylic acids is 1. The Morgan fingerprint density at radius 1 is 1.11 bits per heavy atom. The standard InChI is InChI=1S/C28H35FO6/c1-26(2,3)24(25(30)31)33-15-14-28-12-10-27(11-13-28,18-34-28)19-6-5-7-20(16-19)35-21-8-9-23(32-4)22(29)17-21/h5-9,16-17,24H,10-15,18H2,1-4H3,(H,30,31). The number of methoxy groups -OCH3 is 1. The second kappa shape index (κ2) is 9.78. The van der Waals surface area contributed by atoms with Gasteiger partial charge in [-0.1, -0.05) is 32.9 Å². The molecule has 7 heteroatoms. The maximum atomic E-state index is 14.1. The minimum absolute atomic E-state index is 0.0812. The fourth-order valence-electron chi connectivity index (χ4n) is 5.25. The number of hydrogen-bond donors (Lipinski definition) is 1.